The third kappa shape index (κ3) is 4.47. The Morgan fingerprint density at radius 2 is 2.26 bits per heavy atom. The lowest BCUT2D eigenvalue weighted by Crippen LogP contribution is -2.31. The van der Waals surface area contributed by atoms with Gasteiger partial charge >= 0.3 is 0 Å². The lowest BCUT2D eigenvalue weighted by Gasteiger charge is -2.17. The maximum atomic E-state index is 9.17. The van der Waals surface area contributed by atoms with Gasteiger partial charge in [-0.25, -0.2) is 0 Å². The summed E-state index contributed by atoms with van der Waals surface area (Å²) in [5.74, 6) is 3.76. The van der Waals surface area contributed by atoms with E-state index in [0.29, 0.717) is 18.0 Å². The summed E-state index contributed by atoms with van der Waals surface area (Å²) in [6.07, 6.45) is 6.08. The number of hydrogen-bond acceptors (Lipinski definition) is 4. The Bertz CT molecular complexity index is 422. The van der Waals surface area contributed by atoms with Crippen molar-refractivity contribution in [1.29, 1.82) is 0 Å². The number of nitrogens with one attached hydrogen (secondary N) is 1. The molecule has 0 bridgehead atoms. The summed E-state index contributed by atoms with van der Waals surface area (Å²) in [5, 5.41) is 12.4. The van der Waals surface area contributed by atoms with Crippen molar-refractivity contribution in [3.63, 3.8) is 0 Å². The summed E-state index contributed by atoms with van der Waals surface area (Å²) in [5.41, 5.74) is 0.960. The third-order valence-corrected chi connectivity index (χ3v) is 2.87. The van der Waals surface area contributed by atoms with Gasteiger partial charge in [0.15, 0.2) is 11.5 Å². The van der Waals surface area contributed by atoms with Crippen molar-refractivity contribution < 1.29 is 14.6 Å². The molecule has 1 atom stereocenters. The number of aliphatic hydroxyl groups is 1. The molecule has 0 aliphatic rings. The van der Waals surface area contributed by atoms with Crippen molar-refractivity contribution in [2.24, 2.45) is 0 Å². The van der Waals surface area contributed by atoms with Gasteiger partial charge in [-0.2, -0.15) is 0 Å². The molecular formula is C15H21NO3. The molecule has 4 nitrogen and oxygen atoms in total. The van der Waals surface area contributed by atoms with Gasteiger partial charge in [-0.1, -0.05) is 25.0 Å². The van der Waals surface area contributed by atoms with Crippen LogP contribution in [0.4, 0.5) is 0 Å². The van der Waals surface area contributed by atoms with E-state index in [4.69, 9.17) is 15.9 Å². The topological polar surface area (TPSA) is 50.7 Å². The van der Waals surface area contributed by atoms with Gasteiger partial charge in [0, 0.05) is 18.2 Å². The zero-order chi connectivity index (χ0) is 14.1. The maximum absolute atomic E-state index is 9.17. The summed E-state index contributed by atoms with van der Waals surface area (Å²) < 4.78 is 10.8. The van der Waals surface area contributed by atoms with Gasteiger partial charge < -0.3 is 19.9 Å². The largest absolute Gasteiger partial charge is 0.493 e. The Morgan fingerprint density at radius 1 is 1.47 bits per heavy atom. The Balaban J connectivity index is 2.83. The molecule has 0 saturated carbocycles. The first-order chi connectivity index (χ1) is 9.26. The molecule has 1 aromatic carbocycles. The van der Waals surface area contributed by atoms with Gasteiger partial charge in [0.2, 0.25) is 0 Å². The van der Waals surface area contributed by atoms with E-state index in [9.17, 15) is 5.11 Å². The van der Waals surface area contributed by atoms with Crippen LogP contribution in [0, 0.1) is 12.3 Å². The lowest BCUT2D eigenvalue weighted by atomic mass is 10.1. The average Bonchev–Trinajstić information content (AvgIpc) is 2.46. The van der Waals surface area contributed by atoms with Crippen LogP contribution in [0.25, 0.3) is 0 Å². The van der Waals surface area contributed by atoms with Gasteiger partial charge in [0.05, 0.1) is 13.7 Å². The number of benzene rings is 1. The predicted octanol–water partition coefficient (Wildman–Crippen LogP) is 1.57. The highest BCUT2D eigenvalue weighted by Crippen LogP contribution is 2.31. The number of terminal acetylenes is 1. The summed E-state index contributed by atoms with van der Waals surface area (Å²) in [4.78, 5) is 0. The van der Waals surface area contributed by atoms with Crippen molar-refractivity contribution in [2.45, 2.75) is 25.9 Å². The van der Waals surface area contributed by atoms with Crippen LogP contribution in [0.5, 0.6) is 11.5 Å². The molecule has 0 fully saturated rings. The molecule has 1 aromatic rings. The number of aliphatic hydroxyl groups excluding tert-OH is 1. The molecule has 0 saturated heterocycles. The van der Waals surface area contributed by atoms with E-state index in [-0.39, 0.29) is 19.3 Å². The van der Waals surface area contributed by atoms with Gasteiger partial charge in [-0.05, 0) is 12.5 Å². The quantitative estimate of drug-likeness (QED) is 0.699. The third-order valence-electron chi connectivity index (χ3n) is 2.87. The maximum Gasteiger partial charge on any atom is 0.167 e. The van der Waals surface area contributed by atoms with Crippen molar-refractivity contribution in [2.75, 3.05) is 20.3 Å². The first kappa shape index (κ1) is 15.4. The summed E-state index contributed by atoms with van der Waals surface area (Å²) in [6, 6.07) is 5.76. The fourth-order valence-electron chi connectivity index (χ4n) is 1.73. The normalized spacial score (nSPS) is 11.7. The van der Waals surface area contributed by atoms with Crippen LogP contribution in [-0.4, -0.2) is 31.5 Å². The molecule has 0 spiro atoms. The van der Waals surface area contributed by atoms with Crippen LogP contribution in [0.2, 0.25) is 0 Å². The SMILES string of the molecule is C#CCOc1c(CNC(CC)CO)cccc1OC. The van der Waals surface area contributed by atoms with Crippen LogP contribution < -0.4 is 14.8 Å². The van der Waals surface area contributed by atoms with Crippen molar-refractivity contribution in [3.8, 4) is 23.8 Å². The number of methoxy groups -OCH3 is 1. The van der Waals surface area contributed by atoms with Crippen molar-refractivity contribution in [1.82, 2.24) is 5.32 Å². The molecule has 0 aliphatic carbocycles. The molecule has 0 amide bonds. The number of hydrogen-bond donors (Lipinski definition) is 2. The summed E-state index contributed by atoms with van der Waals surface area (Å²) >= 11 is 0. The van der Waals surface area contributed by atoms with Gasteiger partial charge in [-0.3, -0.25) is 0 Å². The van der Waals surface area contributed by atoms with E-state index < -0.39 is 0 Å². The van der Waals surface area contributed by atoms with E-state index in [1.807, 2.05) is 25.1 Å². The van der Waals surface area contributed by atoms with Gasteiger partial charge in [-0.15, -0.1) is 6.42 Å². The van der Waals surface area contributed by atoms with E-state index in [1.165, 1.54) is 0 Å². The Hall–Kier alpha value is -1.70. The zero-order valence-corrected chi connectivity index (χ0v) is 11.5. The fourth-order valence-corrected chi connectivity index (χ4v) is 1.73. The molecule has 19 heavy (non-hydrogen) atoms. The van der Waals surface area contributed by atoms with E-state index >= 15 is 0 Å². The number of rotatable bonds is 8. The molecular weight excluding hydrogens is 242 g/mol. The predicted molar refractivity (Wildman–Crippen MR) is 75.3 cm³/mol. The standard InChI is InChI=1S/C15H21NO3/c1-4-9-19-15-12(7-6-8-14(15)18-3)10-16-13(5-2)11-17/h1,6-8,13,16-17H,5,9-11H2,2-3H3. The first-order valence-electron chi connectivity index (χ1n) is 6.33. The van der Waals surface area contributed by atoms with Crippen molar-refractivity contribution >= 4 is 0 Å². The monoisotopic (exact) mass is 263 g/mol. The Kier molecular flexibility index (Phi) is 6.80. The van der Waals surface area contributed by atoms with Crippen molar-refractivity contribution in [3.05, 3.63) is 23.8 Å². The molecule has 0 radical (unpaired) electrons. The van der Waals surface area contributed by atoms with Gasteiger partial charge in [0.25, 0.3) is 0 Å². The molecule has 0 aliphatic heterocycles. The van der Waals surface area contributed by atoms with E-state index in [2.05, 4.69) is 11.2 Å². The Labute approximate surface area is 114 Å². The van der Waals surface area contributed by atoms with Crippen LogP contribution in [0.3, 0.4) is 0 Å². The van der Waals surface area contributed by atoms with Crippen LogP contribution in [-0.2, 0) is 6.54 Å². The van der Waals surface area contributed by atoms with E-state index in [0.717, 1.165) is 12.0 Å². The smallest absolute Gasteiger partial charge is 0.167 e. The minimum Gasteiger partial charge on any atom is -0.493 e. The Morgan fingerprint density at radius 3 is 2.84 bits per heavy atom. The molecule has 4 heteroatoms. The van der Waals surface area contributed by atoms with Crippen LogP contribution in [0.1, 0.15) is 18.9 Å². The molecule has 1 rings (SSSR count). The lowest BCUT2D eigenvalue weighted by molar-refractivity contribution is 0.237. The minimum absolute atomic E-state index is 0.0756. The first-order valence-corrected chi connectivity index (χ1v) is 6.33. The summed E-state index contributed by atoms with van der Waals surface area (Å²) in [7, 11) is 1.60. The molecule has 0 heterocycles. The van der Waals surface area contributed by atoms with Gasteiger partial charge in [0.1, 0.15) is 6.61 Å². The van der Waals surface area contributed by atoms with Crippen LogP contribution >= 0.6 is 0 Å². The average molecular weight is 263 g/mol. The van der Waals surface area contributed by atoms with E-state index in [1.54, 1.807) is 7.11 Å². The number of ether oxygens (including phenoxy) is 2. The second kappa shape index (κ2) is 8.41. The molecule has 104 valence electrons. The molecule has 0 aromatic heterocycles. The second-order valence-electron chi connectivity index (χ2n) is 4.11. The highest BCUT2D eigenvalue weighted by atomic mass is 16.5. The summed E-state index contributed by atoms with van der Waals surface area (Å²) in [6.45, 7) is 2.93. The van der Waals surface area contributed by atoms with Crippen LogP contribution in [0.15, 0.2) is 18.2 Å². The second-order valence-corrected chi connectivity index (χ2v) is 4.11. The highest BCUT2D eigenvalue weighted by molar-refractivity contribution is 5.46. The highest BCUT2D eigenvalue weighted by Gasteiger charge is 2.11. The fraction of sp³-hybridized carbons (Fsp3) is 0.467. The molecule has 2 N–H and O–H groups in total. The number of para-hydroxylation sites is 1. The minimum atomic E-state index is 0.0756. The molecule has 1 unspecified atom stereocenters. The zero-order valence-electron chi connectivity index (χ0n) is 11.5.